The highest BCUT2D eigenvalue weighted by Crippen LogP contribution is 2.69. The van der Waals surface area contributed by atoms with Crippen molar-refractivity contribution in [1.82, 2.24) is 0 Å². The van der Waals surface area contributed by atoms with Crippen LogP contribution in [0.3, 0.4) is 0 Å². The molecule has 3 heteroatoms. The third kappa shape index (κ3) is 1.54. The molecule has 1 aliphatic carbocycles. The van der Waals surface area contributed by atoms with Gasteiger partial charge in [-0.15, -0.1) is 0 Å². The molecule has 0 radical (unpaired) electrons. The van der Waals surface area contributed by atoms with Gasteiger partial charge in [0.1, 0.15) is 5.41 Å². The Labute approximate surface area is 122 Å². The molecule has 1 aliphatic heterocycles. The van der Waals surface area contributed by atoms with Crippen molar-refractivity contribution in [1.29, 1.82) is 0 Å². The van der Waals surface area contributed by atoms with E-state index in [1.165, 1.54) is 0 Å². The second kappa shape index (κ2) is 4.29. The highest BCUT2D eigenvalue weighted by atomic mass is 16.5. The molecular weight excluding hydrogens is 264 g/mol. The maximum atomic E-state index is 12.9. The second-order valence-corrected chi connectivity index (χ2v) is 5.66. The van der Waals surface area contributed by atoms with Gasteiger partial charge in [-0.2, -0.15) is 0 Å². The van der Waals surface area contributed by atoms with Gasteiger partial charge in [-0.1, -0.05) is 60.7 Å². The summed E-state index contributed by atoms with van der Waals surface area (Å²) >= 11 is 0. The van der Waals surface area contributed by atoms with Crippen molar-refractivity contribution >= 4 is 11.8 Å². The first-order valence-electron chi connectivity index (χ1n) is 7.08. The van der Waals surface area contributed by atoms with Gasteiger partial charge in [0.25, 0.3) is 0 Å². The number of Topliss-reactive ketones (excluding diaryl/α,β-unsaturated/α-hetero) is 1. The van der Waals surface area contributed by atoms with E-state index in [0.29, 0.717) is 12.2 Å². The number of ether oxygens (including phenoxy) is 1. The minimum absolute atomic E-state index is 0.0277. The van der Waals surface area contributed by atoms with Crippen molar-refractivity contribution in [2.24, 2.45) is 11.3 Å². The van der Waals surface area contributed by atoms with Crippen molar-refractivity contribution < 1.29 is 14.3 Å². The summed E-state index contributed by atoms with van der Waals surface area (Å²) in [4.78, 5) is 25.2. The second-order valence-electron chi connectivity index (χ2n) is 5.66. The third-order valence-electron chi connectivity index (χ3n) is 4.67. The number of hydrogen-bond acceptors (Lipinski definition) is 3. The van der Waals surface area contributed by atoms with Gasteiger partial charge in [-0.3, -0.25) is 9.59 Å². The van der Waals surface area contributed by atoms with Gasteiger partial charge in [0.15, 0.2) is 5.78 Å². The molecule has 1 saturated heterocycles. The number of carbonyl (C=O) groups excluding carboxylic acids is 2. The molecule has 2 fully saturated rings. The van der Waals surface area contributed by atoms with Gasteiger partial charge in [0, 0.05) is 17.4 Å². The average molecular weight is 278 g/mol. The normalized spacial score (nSPS) is 29.6. The van der Waals surface area contributed by atoms with E-state index in [-0.39, 0.29) is 23.6 Å². The summed E-state index contributed by atoms with van der Waals surface area (Å²) in [7, 11) is 0. The predicted octanol–water partition coefficient (Wildman–Crippen LogP) is 2.83. The standard InChI is InChI=1S/C18H14O3/c19-16(13-9-5-2-6-10-13)18-14(11-21-17(18)20)15(18)12-7-3-1-4-8-12/h1-10,14-15H,11H2/t14-,15-,18-/m1/s1. The minimum atomic E-state index is -0.997. The molecule has 0 spiro atoms. The van der Waals surface area contributed by atoms with Crippen molar-refractivity contribution in [3.05, 3.63) is 71.8 Å². The number of fused-ring (bicyclic) bond motifs is 1. The van der Waals surface area contributed by atoms with Crippen LogP contribution >= 0.6 is 0 Å². The molecule has 2 aromatic carbocycles. The van der Waals surface area contributed by atoms with E-state index in [4.69, 9.17) is 4.74 Å². The number of hydrogen-bond donors (Lipinski definition) is 0. The van der Waals surface area contributed by atoms with E-state index in [2.05, 4.69) is 0 Å². The van der Waals surface area contributed by atoms with Crippen molar-refractivity contribution in [2.45, 2.75) is 5.92 Å². The molecule has 2 aliphatic rings. The Morgan fingerprint density at radius 1 is 1.00 bits per heavy atom. The molecule has 104 valence electrons. The van der Waals surface area contributed by atoms with Crippen LogP contribution in [-0.4, -0.2) is 18.4 Å². The maximum absolute atomic E-state index is 12.9. The van der Waals surface area contributed by atoms with Gasteiger partial charge in [0.2, 0.25) is 0 Å². The summed E-state index contributed by atoms with van der Waals surface area (Å²) in [5.41, 5.74) is 0.631. The SMILES string of the molecule is O=C1OC[C@@H]2[C@@H](c3ccccc3)[C@]12C(=O)c1ccccc1. The lowest BCUT2D eigenvalue weighted by molar-refractivity contribution is -0.143. The van der Waals surface area contributed by atoms with Crippen LogP contribution in [0.5, 0.6) is 0 Å². The highest BCUT2D eigenvalue weighted by molar-refractivity contribution is 6.17. The Kier molecular flexibility index (Phi) is 2.52. The molecule has 4 rings (SSSR count). The molecule has 1 saturated carbocycles. The largest absolute Gasteiger partial charge is 0.465 e. The quantitative estimate of drug-likeness (QED) is 0.492. The van der Waals surface area contributed by atoms with Gasteiger partial charge < -0.3 is 4.74 Å². The van der Waals surface area contributed by atoms with Gasteiger partial charge >= 0.3 is 5.97 Å². The Hall–Kier alpha value is -2.42. The van der Waals surface area contributed by atoms with E-state index >= 15 is 0 Å². The minimum Gasteiger partial charge on any atom is -0.465 e. The number of rotatable bonds is 3. The van der Waals surface area contributed by atoms with E-state index < -0.39 is 5.41 Å². The number of benzene rings is 2. The smallest absolute Gasteiger partial charge is 0.321 e. The fraction of sp³-hybridized carbons (Fsp3) is 0.222. The van der Waals surface area contributed by atoms with E-state index in [9.17, 15) is 9.59 Å². The van der Waals surface area contributed by atoms with Gasteiger partial charge in [0.05, 0.1) is 6.61 Å². The molecule has 3 atom stereocenters. The molecule has 2 aromatic rings. The first kappa shape index (κ1) is 12.3. The first-order valence-corrected chi connectivity index (χ1v) is 7.08. The lowest BCUT2D eigenvalue weighted by Crippen LogP contribution is -2.27. The fourth-order valence-electron chi connectivity index (χ4n) is 3.64. The first-order chi connectivity index (χ1) is 10.3. The molecule has 0 N–H and O–H groups in total. The van der Waals surface area contributed by atoms with Crippen molar-refractivity contribution in [3.63, 3.8) is 0 Å². The summed E-state index contributed by atoms with van der Waals surface area (Å²) in [6.45, 7) is 0.344. The van der Waals surface area contributed by atoms with E-state index in [1.54, 1.807) is 12.1 Å². The monoisotopic (exact) mass is 278 g/mol. The van der Waals surface area contributed by atoms with Crippen LogP contribution in [0.15, 0.2) is 60.7 Å². The molecule has 0 bridgehead atoms. The fourth-order valence-corrected chi connectivity index (χ4v) is 3.64. The Bertz CT molecular complexity index is 708. The van der Waals surface area contributed by atoms with Crippen molar-refractivity contribution in [2.75, 3.05) is 6.61 Å². The van der Waals surface area contributed by atoms with Crippen LogP contribution in [0, 0.1) is 11.3 Å². The van der Waals surface area contributed by atoms with E-state index in [0.717, 1.165) is 5.56 Å². The Balaban J connectivity index is 1.77. The summed E-state index contributed by atoms with van der Waals surface area (Å²) in [6, 6.07) is 18.8. The van der Waals surface area contributed by atoms with Crippen LogP contribution in [-0.2, 0) is 9.53 Å². The van der Waals surface area contributed by atoms with E-state index in [1.807, 2.05) is 48.5 Å². The zero-order chi connectivity index (χ0) is 14.4. The zero-order valence-electron chi connectivity index (χ0n) is 11.4. The predicted molar refractivity (Wildman–Crippen MR) is 76.8 cm³/mol. The molecule has 1 heterocycles. The van der Waals surface area contributed by atoms with Crippen molar-refractivity contribution in [3.8, 4) is 0 Å². The summed E-state index contributed by atoms with van der Waals surface area (Å²) in [6.07, 6.45) is 0. The molecule has 0 unspecified atom stereocenters. The third-order valence-corrected chi connectivity index (χ3v) is 4.67. The number of carbonyl (C=O) groups is 2. The average Bonchev–Trinajstić information content (AvgIpc) is 3.12. The Morgan fingerprint density at radius 3 is 2.29 bits per heavy atom. The molecule has 0 aromatic heterocycles. The molecule has 3 nitrogen and oxygen atoms in total. The van der Waals surface area contributed by atoms with Crippen LogP contribution in [0.2, 0.25) is 0 Å². The lowest BCUT2D eigenvalue weighted by Gasteiger charge is -2.12. The van der Waals surface area contributed by atoms with Crippen LogP contribution in [0.4, 0.5) is 0 Å². The van der Waals surface area contributed by atoms with Crippen LogP contribution in [0.25, 0.3) is 0 Å². The Morgan fingerprint density at radius 2 is 1.62 bits per heavy atom. The zero-order valence-corrected chi connectivity index (χ0v) is 11.4. The van der Waals surface area contributed by atoms with Crippen LogP contribution < -0.4 is 0 Å². The number of cyclic esters (lactones) is 1. The highest BCUT2D eigenvalue weighted by Gasteiger charge is 2.78. The number of esters is 1. The molecular formula is C18H14O3. The summed E-state index contributed by atoms with van der Waals surface area (Å²) < 4.78 is 5.15. The molecule has 0 amide bonds. The summed E-state index contributed by atoms with van der Waals surface area (Å²) in [5.74, 6) is -0.549. The van der Waals surface area contributed by atoms with Crippen LogP contribution in [0.1, 0.15) is 21.8 Å². The van der Waals surface area contributed by atoms with Gasteiger partial charge in [-0.05, 0) is 5.56 Å². The lowest BCUT2D eigenvalue weighted by atomic mass is 9.90. The summed E-state index contributed by atoms with van der Waals surface area (Å²) in [5, 5.41) is 0. The number of ketones is 1. The molecule has 21 heavy (non-hydrogen) atoms. The van der Waals surface area contributed by atoms with Gasteiger partial charge in [-0.25, -0.2) is 0 Å². The topological polar surface area (TPSA) is 43.4 Å². The maximum Gasteiger partial charge on any atom is 0.321 e.